The topological polar surface area (TPSA) is 75.6 Å². The molecule has 0 amide bonds. The molecule has 1 saturated heterocycles. The molecule has 27 heavy (non-hydrogen) atoms. The van der Waals surface area contributed by atoms with Crippen molar-refractivity contribution in [3.05, 3.63) is 47.3 Å². The molecule has 1 aromatic carbocycles. The Kier molecular flexibility index (Phi) is 4.79. The Balaban J connectivity index is 1.62. The Hall–Kier alpha value is -2.17. The van der Waals surface area contributed by atoms with E-state index in [0.29, 0.717) is 50.4 Å². The van der Waals surface area contributed by atoms with Gasteiger partial charge in [-0.05, 0) is 30.2 Å². The first-order chi connectivity index (χ1) is 12.9. The standard InChI is InChI=1S/C17H18F2N4O3S/c18-13-1-2-14(19)16(9-13)27(24,25)23-4-3-12-10-20-17(21-15(12)11-23)22-5-7-26-8-6-22/h1-2,9-10H,3-8,11H2. The molecule has 4 rings (SSSR count). The second-order valence-electron chi connectivity index (χ2n) is 6.40. The Bertz CT molecular complexity index is 965. The summed E-state index contributed by atoms with van der Waals surface area (Å²) in [5, 5.41) is 0. The number of sulfonamides is 1. The average Bonchev–Trinajstić information content (AvgIpc) is 2.69. The van der Waals surface area contributed by atoms with Gasteiger partial charge < -0.3 is 9.64 Å². The molecule has 0 saturated carbocycles. The van der Waals surface area contributed by atoms with Crippen LogP contribution >= 0.6 is 0 Å². The Labute approximate surface area is 155 Å². The zero-order chi connectivity index (χ0) is 19.0. The Morgan fingerprint density at radius 3 is 2.67 bits per heavy atom. The van der Waals surface area contributed by atoms with Gasteiger partial charge in [0, 0.05) is 25.8 Å². The highest BCUT2D eigenvalue weighted by Crippen LogP contribution is 2.26. The summed E-state index contributed by atoms with van der Waals surface area (Å²) in [4.78, 5) is 10.2. The van der Waals surface area contributed by atoms with Crippen LogP contribution in [0.1, 0.15) is 11.3 Å². The van der Waals surface area contributed by atoms with Crippen molar-refractivity contribution < 1.29 is 21.9 Å². The van der Waals surface area contributed by atoms with Crippen LogP contribution in [0, 0.1) is 11.6 Å². The number of morpholine rings is 1. The summed E-state index contributed by atoms with van der Waals surface area (Å²) in [6.07, 6.45) is 2.12. The van der Waals surface area contributed by atoms with Crippen LogP contribution in [-0.4, -0.2) is 55.5 Å². The predicted octanol–water partition coefficient (Wildman–Crippen LogP) is 1.34. The summed E-state index contributed by atoms with van der Waals surface area (Å²) in [6, 6.07) is 2.42. The van der Waals surface area contributed by atoms with Crippen molar-refractivity contribution in [3.63, 3.8) is 0 Å². The van der Waals surface area contributed by atoms with Gasteiger partial charge in [-0.1, -0.05) is 0 Å². The Morgan fingerprint density at radius 1 is 1.11 bits per heavy atom. The van der Waals surface area contributed by atoms with Crippen molar-refractivity contribution in [2.45, 2.75) is 17.9 Å². The quantitative estimate of drug-likeness (QED) is 0.780. The highest BCUT2D eigenvalue weighted by atomic mass is 32.2. The number of aromatic nitrogens is 2. The largest absolute Gasteiger partial charge is 0.378 e. The molecule has 144 valence electrons. The van der Waals surface area contributed by atoms with E-state index in [1.165, 1.54) is 0 Å². The first-order valence-electron chi connectivity index (χ1n) is 8.58. The highest BCUT2D eigenvalue weighted by Gasteiger charge is 2.32. The molecule has 0 spiro atoms. The van der Waals surface area contributed by atoms with Crippen molar-refractivity contribution >= 4 is 16.0 Å². The van der Waals surface area contributed by atoms with Gasteiger partial charge in [-0.2, -0.15) is 4.31 Å². The molecule has 0 aliphatic carbocycles. The maximum absolute atomic E-state index is 14.0. The van der Waals surface area contributed by atoms with Crippen LogP contribution in [-0.2, 0) is 27.7 Å². The van der Waals surface area contributed by atoms with Gasteiger partial charge >= 0.3 is 0 Å². The predicted molar refractivity (Wildman–Crippen MR) is 92.7 cm³/mol. The minimum Gasteiger partial charge on any atom is -0.378 e. The summed E-state index contributed by atoms with van der Waals surface area (Å²) >= 11 is 0. The lowest BCUT2D eigenvalue weighted by Crippen LogP contribution is -2.39. The third-order valence-electron chi connectivity index (χ3n) is 4.70. The lowest BCUT2D eigenvalue weighted by Gasteiger charge is -2.30. The number of ether oxygens (including phenoxy) is 1. The van der Waals surface area contributed by atoms with Crippen molar-refractivity contribution in [1.29, 1.82) is 0 Å². The molecule has 0 bridgehead atoms. The summed E-state index contributed by atoms with van der Waals surface area (Å²) in [7, 11) is -4.17. The lowest BCUT2D eigenvalue weighted by atomic mass is 10.1. The Morgan fingerprint density at radius 2 is 1.89 bits per heavy atom. The third kappa shape index (κ3) is 3.52. The van der Waals surface area contributed by atoms with Gasteiger partial charge in [0.1, 0.15) is 16.5 Å². The van der Waals surface area contributed by atoms with Gasteiger partial charge in [0.15, 0.2) is 0 Å². The molecule has 2 aromatic rings. The number of nitrogens with zero attached hydrogens (tertiary/aromatic N) is 4. The van der Waals surface area contributed by atoms with Crippen LogP contribution in [0.5, 0.6) is 0 Å². The van der Waals surface area contributed by atoms with Gasteiger partial charge in [-0.25, -0.2) is 27.2 Å². The fourth-order valence-electron chi connectivity index (χ4n) is 3.20. The molecule has 0 atom stereocenters. The fourth-order valence-corrected chi connectivity index (χ4v) is 4.68. The first-order valence-corrected chi connectivity index (χ1v) is 10.0. The van der Waals surface area contributed by atoms with E-state index < -0.39 is 26.6 Å². The molecule has 0 unspecified atom stereocenters. The molecular weight excluding hydrogens is 378 g/mol. The number of rotatable bonds is 3. The minimum atomic E-state index is -4.17. The molecule has 1 fully saturated rings. The van der Waals surface area contributed by atoms with E-state index in [2.05, 4.69) is 9.97 Å². The normalized spacial score (nSPS) is 18.4. The van der Waals surface area contributed by atoms with Crippen molar-refractivity contribution in [3.8, 4) is 0 Å². The van der Waals surface area contributed by atoms with Crippen LogP contribution in [0.25, 0.3) is 0 Å². The van der Waals surface area contributed by atoms with Gasteiger partial charge in [0.25, 0.3) is 0 Å². The summed E-state index contributed by atoms with van der Waals surface area (Å²) in [5.41, 5.74) is 1.44. The molecule has 2 aliphatic heterocycles. The van der Waals surface area contributed by atoms with E-state index >= 15 is 0 Å². The molecular formula is C17H18F2N4O3S. The van der Waals surface area contributed by atoms with Crippen molar-refractivity contribution in [1.82, 2.24) is 14.3 Å². The monoisotopic (exact) mass is 396 g/mol. The van der Waals surface area contributed by atoms with Crippen LogP contribution in [0.4, 0.5) is 14.7 Å². The third-order valence-corrected chi connectivity index (χ3v) is 6.56. The number of halogens is 2. The molecule has 0 radical (unpaired) electrons. The average molecular weight is 396 g/mol. The number of hydrogen-bond donors (Lipinski definition) is 0. The summed E-state index contributed by atoms with van der Waals surface area (Å²) < 4.78 is 59.5. The molecule has 2 aliphatic rings. The maximum Gasteiger partial charge on any atom is 0.246 e. The molecule has 0 N–H and O–H groups in total. The van der Waals surface area contributed by atoms with Gasteiger partial charge in [0.05, 0.1) is 25.5 Å². The van der Waals surface area contributed by atoms with E-state index in [-0.39, 0.29) is 13.1 Å². The zero-order valence-electron chi connectivity index (χ0n) is 14.4. The fraction of sp³-hybridized carbons (Fsp3) is 0.412. The van der Waals surface area contributed by atoms with Gasteiger partial charge in [-0.3, -0.25) is 0 Å². The molecule has 7 nitrogen and oxygen atoms in total. The van der Waals surface area contributed by atoms with E-state index in [0.717, 1.165) is 22.0 Å². The van der Waals surface area contributed by atoms with Gasteiger partial charge in [-0.15, -0.1) is 0 Å². The van der Waals surface area contributed by atoms with E-state index in [1.807, 2.05) is 4.90 Å². The second-order valence-corrected chi connectivity index (χ2v) is 8.31. The van der Waals surface area contributed by atoms with E-state index in [9.17, 15) is 17.2 Å². The zero-order valence-corrected chi connectivity index (χ0v) is 15.3. The second kappa shape index (κ2) is 7.10. The van der Waals surface area contributed by atoms with Crippen LogP contribution in [0.3, 0.4) is 0 Å². The van der Waals surface area contributed by atoms with Crippen LogP contribution < -0.4 is 4.90 Å². The van der Waals surface area contributed by atoms with Crippen molar-refractivity contribution in [2.75, 3.05) is 37.7 Å². The number of anilines is 1. The summed E-state index contributed by atoms with van der Waals surface area (Å²) in [6.45, 7) is 2.64. The number of fused-ring (bicyclic) bond motifs is 1. The lowest BCUT2D eigenvalue weighted by molar-refractivity contribution is 0.122. The summed E-state index contributed by atoms with van der Waals surface area (Å²) in [5.74, 6) is -1.25. The minimum absolute atomic E-state index is 0.00647. The highest BCUT2D eigenvalue weighted by molar-refractivity contribution is 7.89. The first kappa shape index (κ1) is 18.2. The molecule has 3 heterocycles. The molecule has 1 aromatic heterocycles. The SMILES string of the molecule is O=S(=O)(c1cc(F)ccc1F)N1CCc2cnc(N3CCOCC3)nc2C1. The van der Waals surface area contributed by atoms with Gasteiger partial charge in [0.2, 0.25) is 16.0 Å². The number of benzene rings is 1. The van der Waals surface area contributed by atoms with Crippen LogP contribution in [0.2, 0.25) is 0 Å². The van der Waals surface area contributed by atoms with E-state index in [1.54, 1.807) is 6.20 Å². The van der Waals surface area contributed by atoms with Crippen molar-refractivity contribution in [2.24, 2.45) is 0 Å². The van der Waals surface area contributed by atoms with Crippen LogP contribution in [0.15, 0.2) is 29.3 Å². The maximum atomic E-state index is 14.0. The molecule has 10 heteroatoms. The van der Waals surface area contributed by atoms with E-state index in [4.69, 9.17) is 4.74 Å². The smallest absolute Gasteiger partial charge is 0.246 e. The number of hydrogen-bond acceptors (Lipinski definition) is 6.